The molecule has 1 aromatic carbocycles. The fourth-order valence-corrected chi connectivity index (χ4v) is 5.42. The van der Waals surface area contributed by atoms with Crippen LogP contribution < -0.4 is 5.32 Å². The first-order chi connectivity index (χ1) is 9.84. The molecule has 0 saturated carbocycles. The third kappa shape index (κ3) is 2.94. The summed E-state index contributed by atoms with van der Waals surface area (Å²) in [6.45, 7) is 4.01. The number of carbonyl (C=O) groups is 1. The van der Waals surface area contributed by atoms with Crippen LogP contribution in [0.2, 0.25) is 0 Å². The molecular weight excluding hydrogens is 308 g/mol. The summed E-state index contributed by atoms with van der Waals surface area (Å²) in [7, 11) is -3.05. The lowest BCUT2D eigenvalue weighted by Crippen LogP contribution is -2.23. The van der Waals surface area contributed by atoms with Crippen LogP contribution in [-0.2, 0) is 14.6 Å². The normalized spacial score (nSPS) is 20.8. The van der Waals surface area contributed by atoms with Crippen molar-refractivity contribution in [2.45, 2.75) is 20.3 Å². The Morgan fingerprint density at radius 1 is 1.38 bits per heavy atom. The third-order valence-corrected chi connectivity index (χ3v) is 6.35. The predicted octanol–water partition coefficient (Wildman–Crippen LogP) is 2.29. The minimum atomic E-state index is -3.05. The van der Waals surface area contributed by atoms with E-state index in [1.165, 1.54) is 11.3 Å². The van der Waals surface area contributed by atoms with E-state index < -0.39 is 15.8 Å². The van der Waals surface area contributed by atoms with E-state index in [1.807, 2.05) is 19.9 Å². The highest BCUT2D eigenvalue weighted by Gasteiger charge is 2.33. The van der Waals surface area contributed by atoms with Crippen LogP contribution in [0, 0.1) is 19.8 Å². The number of sulfone groups is 1. The van der Waals surface area contributed by atoms with Crippen molar-refractivity contribution in [3.8, 4) is 0 Å². The van der Waals surface area contributed by atoms with Crippen molar-refractivity contribution in [3.05, 3.63) is 23.3 Å². The molecule has 1 atom stereocenters. The number of fused-ring (bicyclic) bond motifs is 1. The minimum absolute atomic E-state index is 0.0537. The number of benzene rings is 1. The van der Waals surface area contributed by atoms with Gasteiger partial charge in [-0.3, -0.25) is 4.79 Å². The van der Waals surface area contributed by atoms with Crippen LogP contribution in [0.3, 0.4) is 0 Å². The number of thiazole rings is 1. The molecule has 0 unspecified atom stereocenters. The number of carbonyl (C=O) groups excluding carboxylic acids is 1. The van der Waals surface area contributed by atoms with Crippen molar-refractivity contribution in [1.82, 2.24) is 4.98 Å². The van der Waals surface area contributed by atoms with Gasteiger partial charge in [-0.25, -0.2) is 13.4 Å². The maximum atomic E-state index is 12.1. The zero-order valence-corrected chi connectivity index (χ0v) is 13.5. The van der Waals surface area contributed by atoms with Gasteiger partial charge in [-0.2, -0.15) is 0 Å². The van der Waals surface area contributed by atoms with Crippen LogP contribution in [-0.4, -0.2) is 30.8 Å². The fraction of sp³-hybridized carbons (Fsp3) is 0.429. The summed E-state index contributed by atoms with van der Waals surface area (Å²) in [4.78, 5) is 16.6. The zero-order valence-electron chi connectivity index (χ0n) is 11.8. The van der Waals surface area contributed by atoms with Crippen molar-refractivity contribution in [2.75, 3.05) is 16.8 Å². The summed E-state index contributed by atoms with van der Waals surface area (Å²) in [5, 5.41) is 3.30. The van der Waals surface area contributed by atoms with Crippen LogP contribution >= 0.6 is 11.3 Å². The molecule has 5 nitrogen and oxygen atoms in total. The average Bonchev–Trinajstić information content (AvgIpc) is 2.92. The molecule has 1 amide bonds. The number of amides is 1. The summed E-state index contributed by atoms with van der Waals surface area (Å²) >= 11 is 1.42. The van der Waals surface area contributed by atoms with E-state index >= 15 is 0 Å². The van der Waals surface area contributed by atoms with Gasteiger partial charge in [0.25, 0.3) is 0 Å². The average molecular weight is 324 g/mol. The molecule has 0 aliphatic carbocycles. The summed E-state index contributed by atoms with van der Waals surface area (Å²) in [5.74, 6) is -0.653. The van der Waals surface area contributed by atoms with E-state index in [4.69, 9.17) is 0 Å². The summed E-state index contributed by atoms with van der Waals surface area (Å²) in [6.07, 6.45) is 0.400. The Morgan fingerprint density at radius 3 is 2.81 bits per heavy atom. The van der Waals surface area contributed by atoms with Gasteiger partial charge >= 0.3 is 0 Å². The molecule has 2 heterocycles. The molecule has 21 heavy (non-hydrogen) atoms. The molecule has 112 valence electrons. The Labute approximate surface area is 127 Å². The van der Waals surface area contributed by atoms with Crippen LogP contribution in [0.1, 0.15) is 17.5 Å². The first kappa shape index (κ1) is 14.5. The molecule has 2 aromatic rings. The van der Waals surface area contributed by atoms with Gasteiger partial charge < -0.3 is 5.32 Å². The molecule has 1 aromatic heterocycles. The largest absolute Gasteiger partial charge is 0.302 e. The molecule has 0 bridgehead atoms. The van der Waals surface area contributed by atoms with E-state index in [9.17, 15) is 13.2 Å². The van der Waals surface area contributed by atoms with Gasteiger partial charge in [0, 0.05) is 0 Å². The van der Waals surface area contributed by atoms with Crippen molar-refractivity contribution >= 4 is 42.4 Å². The Balaban J connectivity index is 1.82. The lowest BCUT2D eigenvalue weighted by Gasteiger charge is -2.06. The maximum Gasteiger partial charge on any atom is 0.230 e. The summed E-state index contributed by atoms with van der Waals surface area (Å²) in [6, 6.07) is 4.09. The second kappa shape index (κ2) is 5.06. The first-order valence-corrected chi connectivity index (χ1v) is 9.37. The molecular formula is C14H16N2O3S2. The van der Waals surface area contributed by atoms with Gasteiger partial charge in [0.2, 0.25) is 5.91 Å². The standard InChI is InChI=1S/C14H16N2O3S2/c1-8-5-9(2)12-11(6-8)20-14(15-12)16-13(17)10-3-4-21(18,19)7-10/h5-6,10H,3-4,7H2,1-2H3,(H,15,16,17)/t10-/m1/s1. The minimum Gasteiger partial charge on any atom is -0.302 e. The molecule has 0 radical (unpaired) electrons. The second-order valence-corrected chi connectivity index (χ2v) is 8.80. The van der Waals surface area contributed by atoms with E-state index in [0.717, 1.165) is 21.3 Å². The number of hydrogen-bond donors (Lipinski definition) is 1. The molecule has 1 aliphatic rings. The van der Waals surface area contributed by atoms with Gasteiger partial charge in [-0.15, -0.1) is 0 Å². The molecule has 1 saturated heterocycles. The molecule has 0 spiro atoms. The van der Waals surface area contributed by atoms with E-state index in [-0.39, 0.29) is 17.4 Å². The number of aryl methyl sites for hydroxylation is 2. The Kier molecular flexibility index (Phi) is 3.49. The Morgan fingerprint density at radius 2 is 2.14 bits per heavy atom. The number of nitrogens with zero attached hydrogens (tertiary/aromatic N) is 1. The Bertz CT molecular complexity index is 824. The number of hydrogen-bond acceptors (Lipinski definition) is 5. The number of aromatic nitrogens is 1. The highest BCUT2D eigenvalue weighted by molar-refractivity contribution is 7.91. The molecule has 1 fully saturated rings. The van der Waals surface area contributed by atoms with Gasteiger partial charge in [-0.05, 0) is 37.5 Å². The van der Waals surface area contributed by atoms with Crippen LogP contribution in [0.25, 0.3) is 10.2 Å². The monoisotopic (exact) mass is 324 g/mol. The number of anilines is 1. The summed E-state index contributed by atoms with van der Waals surface area (Å²) in [5.41, 5.74) is 3.12. The molecule has 7 heteroatoms. The maximum absolute atomic E-state index is 12.1. The van der Waals surface area contributed by atoms with E-state index in [1.54, 1.807) is 0 Å². The Hall–Kier alpha value is -1.47. The quantitative estimate of drug-likeness (QED) is 0.919. The van der Waals surface area contributed by atoms with Crippen molar-refractivity contribution in [3.63, 3.8) is 0 Å². The predicted molar refractivity (Wildman–Crippen MR) is 84.5 cm³/mol. The highest BCUT2D eigenvalue weighted by atomic mass is 32.2. The SMILES string of the molecule is Cc1cc(C)c2nc(NC(=O)[C@@H]3CCS(=O)(=O)C3)sc2c1. The molecule has 1 N–H and O–H groups in total. The van der Waals surface area contributed by atoms with E-state index in [0.29, 0.717) is 11.6 Å². The zero-order chi connectivity index (χ0) is 15.2. The second-order valence-electron chi connectivity index (χ2n) is 5.54. The number of rotatable bonds is 2. The van der Waals surface area contributed by atoms with Gasteiger partial charge in [0.1, 0.15) is 0 Å². The topological polar surface area (TPSA) is 76.1 Å². The van der Waals surface area contributed by atoms with Crippen molar-refractivity contribution in [1.29, 1.82) is 0 Å². The van der Waals surface area contributed by atoms with Crippen LogP contribution in [0.4, 0.5) is 5.13 Å². The van der Waals surface area contributed by atoms with Crippen LogP contribution in [0.15, 0.2) is 12.1 Å². The third-order valence-electron chi connectivity index (χ3n) is 3.66. The molecule has 3 rings (SSSR count). The molecule has 1 aliphatic heterocycles. The summed E-state index contributed by atoms with van der Waals surface area (Å²) < 4.78 is 23.9. The van der Waals surface area contributed by atoms with Crippen molar-refractivity contribution in [2.24, 2.45) is 5.92 Å². The van der Waals surface area contributed by atoms with Gasteiger partial charge in [-0.1, -0.05) is 17.4 Å². The first-order valence-electron chi connectivity index (χ1n) is 6.73. The van der Waals surface area contributed by atoms with E-state index in [2.05, 4.69) is 16.4 Å². The highest BCUT2D eigenvalue weighted by Crippen LogP contribution is 2.30. The van der Waals surface area contributed by atoms with Crippen molar-refractivity contribution < 1.29 is 13.2 Å². The number of nitrogens with one attached hydrogen (secondary N) is 1. The van der Waals surface area contributed by atoms with Gasteiger partial charge in [0.15, 0.2) is 15.0 Å². The lowest BCUT2D eigenvalue weighted by molar-refractivity contribution is -0.119. The lowest BCUT2D eigenvalue weighted by atomic mass is 10.1. The smallest absolute Gasteiger partial charge is 0.230 e. The van der Waals surface area contributed by atoms with Gasteiger partial charge in [0.05, 0.1) is 27.6 Å². The van der Waals surface area contributed by atoms with Crippen LogP contribution in [0.5, 0.6) is 0 Å². The fourth-order valence-electron chi connectivity index (χ4n) is 2.63.